The van der Waals surface area contributed by atoms with E-state index in [4.69, 9.17) is 4.74 Å². The van der Waals surface area contributed by atoms with Gasteiger partial charge in [-0.05, 0) is 41.6 Å². The van der Waals surface area contributed by atoms with E-state index in [0.29, 0.717) is 0 Å². The van der Waals surface area contributed by atoms with Gasteiger partial charge >= 0.3 is 0 Å². The summed E-state index contributed by atoms with van der Waals surface area (Å²) < 4.78 is 5.13. The zero-order chi connectivity index (χ0) is 14.9. The van der Waals surface area contributed by atoms with Crippen LogP contribution < -0.4 is 5.32 Å². The van der Waals surface area contributed by atoms with Gasteiger partial charge in [-0.2, -0.15) is 0 Å². The SMILES string of the molecule is CCCNCc1ccccc1-c1ccc(CCOC)cc1. The Balaban J connectivity index is 2.13. The standard InChI is InChI=1S/C19H25NO/c1-3-13-20-15-18-6-4-5-7-19(18)17-10-8-16(9-11-17)12-14-21-2/h4-11,20H,3,12-15H2,1-2H3. The molecule has 2 nitrogen and oxygen atoms in total. The summed E-state index contributed by atoms with van der Waals surface area (Å²) in [6.45, 7) is 4.95. The van der Waals surface area contributed by atoms with Crippen LogP contribution in [0.2, 0.25) is 0 Å². The van der Waals surface area contributed by atoms with Gasteiger partial charge in [-0.25, -0.2) is 0 Å². The predicted molar refractivity (Wildman–Crippen MR) is 89.5 cm³/mol. The maximum absolute atomic E-state index is 5.13. The van der Waals surface area contributed by atoms with Gasteiger partial charge in [0, 0.05) is 13.7 Å². The Morgan fingerprint density at radius 2 is 1.76 bits per heavy atom. The fourth-order valence-corrected chi connectivity index (χ4v) is 2.43. The molecule has 0 aliphatic heterocycles. The maximum atomic E-state index is 5.13. The van der Waals surface area contributed by atoms with Crippen LogP contribution in [-0.4, -0.2) is 20.3 Å². The van der Waals surface area contributed by atoms with Crippen molar-refractivity contribution < 1.29 is 4.74 Å². The molecule has 112 valence electrons. The summed E-state index contributed by atoms with van der Waals surface area (Å²) >= 11 is 0. The Morgan fingerprint density at radius 1 is 1.00 bits per heavy atom. The number of rotatable bonds is 8. The van der Waals surface area contributed by atoms with Gasteiger partial charge in [0.2, 0.25) is 0 Å². The number of ether oxygens (including phenoxy) is 1. The molecule has 0 aliphatic rings. The highest BCUT2D eigenvalue weighted by molar-refractivity contribution is 5.67. The monoisotopic (exact) mass is 283 g/mol. The molecule has 21 heavy (non-hydrogen) atoms. The van der Waals surface area contributed by atoms with Crippen LogP contribution >= 0.6 is 0 Å². The molecule has 0 saturated heterocycles. The van der Waals surface area contributed by atoms with E-state index in [1.165, 1.54) is 22.3 Å². The van der Waals surface area contributed by atoms with E-state index < -0.39 is 0 Å². The molecular weight excluding hydrogens is 258 g/mol. The lowest BCUT2D eigenvalue weighted by Crippen LogP contribution is -2.14. The van der Waals surface area contributed by atoms with Gasteiger partial charge in [0.15, 0.2) is 0 Å². The molecule has 2 heteroatoms. The van der Waals surface area contributed by atoms with Gasteiger partial charge in [-0.1, -0.05) is 55.5 Å². The van der Waals surface area contributed by atoms with E-state index >= 15 is 0 Å². The van der Waals surface area contributed by atoms with Gasteiger partial charge < -0.3 is 10.1 Å². The fourth-order valence-electron chi connectivity index (χ4n) is 2.43. The topological polar surface area (TPSA) is 21.3 Å². The summed E-state index contributed by atoms with van der Waals surface area (Å²) in [4.78, 5) is 0. The second-order valence-electron chi connectivity index (χ2n) is 5.27. The van der Waals surface area contributed by atoms with E-state index in [1.54, 1.807) is 7.11 Å². The quantitative estimate of drug-likeness (QED) is 0.738. The molecular formula is C19H25NO. The van der Waals surface area contributed by atoms with Crippen LogP contribution in [0.5, 0.6) is 0 Å². The highest BCUT2D eigenvalue weighted by Gasteiger charge is 2.04. The molecule has 0 radical (unpaired) electrons. The predicted octanol–water partition coefficient (Wildman–Crippen LogP) is 4.04. The molecule has 0 unspecified atom stereocenters. The van der Waals surface area contributed by atoms with E-state index in [0.717, 1.165) is 32.5 Å². The van der Waals surface area contributed by atoms with Crippen LogP contribution in [0.25, 0.3) is 11.1 Å². The molecule has 0 heterocycles. The number of methoxy groups -OCH3 is 1. The molecule has 2 aromatic rings. The Hall–Kier alpha value is -1.64. The summed E-state index contributed by atoms with van der Waals surface area (Å²) in [5.74, 6) is 0. The van der Waals surface area contributed by atoms with Crippen LogP contribution in [0, 0.1) is 0 Å². The van der Waals surface area contributed by atoms with Crippen molar-refractivity contribution in [2.75, 3.05) is 20.3 Å². The lowest BCUT2D eigenvalue weighted by atomic mass is 9.98. The number of hydrogen-bond donors (Lipinski definition) is 1. The molecule has 0 aromatic heterocycles. The lowest BCUT2D eigenvalue weighted by Gasteiger charge is -2.11. The number of benzene rings is 2. The second kappa shape index (κ2) is 8.60. The van der Waals surface area contributed by atoms with Crippen molar-refractivity contribution in [1.29, 1.82) is 0 Å². The van der Waals surface area contributed by atoms with Crippen molar-refractivity contribution >= 4 is 0 Å². The Kier molecular flexibility index (Phi) is 6.45. The molecule has 0 fully saturated rings. The zero-order valence-electron chi connectivity index (χ0n) is 13.1. The Morgan fingerprint density at radius 3 is 2.48 bits per heavy atom. The molecule has 0 aliphatic carbocycles. The number of nitrogens with one attached hydrogen (secondary N) is 1. The van der Waals surface area contributed by atoms with E-state index in [2.05, 4.69) is 60.8 Å². The Bertz CT molecular complexity index is 534. The van der Waals surface area contributed by atoms with Crippen molar-refractivity contribution in [3.8, 4) is 11.1 Å². The van der Waals surface area contributed by atoms with E-state index in [-0.39, 0.29) is 0 Å². The minimum atomic E-state index is 0.775. The van der Waals surface area contributed by atoms with Crippen LogP contribution in [0.1, 0.15) is 24.5 Å². The summed E-state index contributed by atoms with van der Waals surface area (Å²) in [5.41, 5.74) is 5.28. The average Bonchev–Trinajstić information content (AvgIpc) is 2.54. The van der Waals surface area contributed by atoms with Crippen molar-refractivity contribution in [2.45, 2.75) is 26.3 Å². The third kappa shape index (κ3) is 4.69. The summed E-state index contributed by atoms with van der Waals surface area (Å²) in [7, 11) is 1.74. The van der Waals surface area contributed by atoms with Crippen LogP contribution in [0.4, 0.5) is 0 Å². The smallest absolute Gasteiger partial charge is 0.0502 e. The Labute approximate surface area is 128 Å². The van der Waals surface area contributed by atoms with Crippen LogP contribution in [-0.2, 0) is 17.7 Å². The zero-order valence-corrected chi connectivity index (χ0v) is 13.1. The van der Waals surface area contributed by atoms with Gasteiger partial charge in [0.05, 0.1) is 6.61 Å². The average molecular weight is 283 g/mol. The lowest BCUT2D eigenvalue weighted by molar-refractivity contribution is 0.202. The molecule has 0 amide bonds. The molecule has 0 atom stereocenters. The highest BCUT2D eigenvalue weighted by Crippen LogP contribution is 2.24. The van der Waals surface area contributed by atoms with Crippen LogP contribution in [0.3, 0.4) is 0 Å². The van der Waals surface area contributed by atoms with Crippen molar-refractivity contribution in [3.05, 3.63) is 59.7 Å². The molecule has 0 saturated carbocycles. The van der Waals surface area contributed by atoms with E-state index in [9.17, 15) is 0 Å². The fraction of sp³-hybridized carbons (Fsp3) is 0.368. The minimum Gasteiger partial charge on any atom is -0.384 e. The molecule has 0 spiro atoms. The second-order valence-corrected chi connectivity index (χ2v) is 5.27. The first kappa shape index (κ1) is 15.7. The molecule has 2 rings (SSSR count). The third-order valence-corrected chi connectivity index (χ3v) is 3.62. The van der Waals surface area contributed by atoms with Crippen LogP contribution in [0.15, 0.2) is 48.5 Å². The van der Waals surface area contributed by atoms with Crippen molar-refractivity contribution in [2.24, 2.45) is 0 Å². The first-order chi connectivity index (χ1) is 10.3. The molecule has 0 bridgehead atoms. The summed E-state index contributed by atoms with van der Waals surface area (Å²) in [6.07, 6.45) is 2.13. The molecule has 2 aromatic carbocycles. The first-order valence-electron chi connectivity index (χ1n) is 7.72. The van der Waals surface area contributed by atoms with Crippen molar-refractivity contribution in [3.63, 3.8) is 0 Å². The van der Waals surface area contributed by atoms with Crippen molar-refractivity contribution in [1.82, 2.24) is 5.32 Å². The van der Waals surface area contributed by atoms with Gasteiger partial charge in [-0.15, -0.1) is 0 Å². The van der Waals surface area contributed by atoms with E-state index in [1.807, 2.05) is 0 Å². The minimum absolute atomic E-state index is 0.775. The maximum Gasteiger partial charge on any atom is 0.0502 e. The van der Waals surface area contributed by atoms with Gasteiger partial charge in [0.1, 0.15) is 0 Å². The molecule has 1 N–H and O–H groups in total. The first-order valence-corrected chi connectivity index (χ1v) is 7.72. The summed E-state index contributed by atoms with van der Waals surface area (Å²) in [5, 5.41) is 3.48. The third-order valence-electron chi connectivity index (χ3n) is 3.62. The van der Waals surface area contributed by atoms with Gasteiger partial charge in [-0.3, -0.25) is 0 Å². The normalized spacial score (nSPS) is 10.8. The van der Waals surface area contributed by atoms with Gasteiger partial charge in [0.25, 0.3) is 0 Å². The highest BCUT2D eigenvalue weighted by atomic mass is 16.5. The summed E-state index contributed by atoms with van der Waals surface area (Å²) in [6, 6.07) is 17.4. The largest absolute Gasteiger partial charge is 0.384 e. The number of hydrogen-bond acceptors (Lipinski definition) is 2.